The molecule has 0 bridgehead atoms. The molecule has 0 radical (unpaired) electrons. The number of halogens is 4. The number of benzene rings is 2. The molecule has 3 rings (SSSR count). The van der Waals surface area contributed by atoms with Crippen molar-refractivity contribution in [3.8, 4) is 0 Å². The summed E-state index contributed by atoms with van der Waals surface area (Å²) in [5.41, 5.74) is 0.529. The molecular formula is C21H20F4N2O2. The molecule has 2 amide bonds. The lowest BCUT2D eigenvalue weighted by atomic mass is 9.95. The second-order valence-electron chi connectivity index (χ2n) is 7.09. The first kappa shape index (κ1) is 20.8. The van der Waals surface area contributed by atoms with E-state index in [1.807, 2.05) is 0 Å². The van der Waals surface area contributed by atoms with E-state index in [4.69, 9.17) is 0 Å². The minimum atomic E-state index is -4.45. The minimum Gasteiger partial charge on any atom is -0.339 e. The molecule has 1 aliphatic heterocycles. The number of piperidine rings is 1. The molecule has 1 N–H and O–H groups in total. The van der Waals surface area contributed by atoms with Gasteiger partial charge in [0, 0.05) is 30.3 Å². The van der Waals surface area contributed by atoms with Crippen molar-refractivity contribution in [1.29, 1.82) is 0 Å². The largest absolute Gasteiger partial charge is 0.416 e. The highest BCUT2D eigenvalue weighted by Gasteiger charge is 2.31. The average molecular weight is 408 g/mol. The lowest BCUT2D eigenvalue weighted by Gasteiger charge is -2.31. The van der Waals surface area contributed by atoms with Gasteiger partial charge < -0.3 is 10.2 Å². The minimum absolute atomic E-state index is 0.177. The third-order valence-electron chi connectivity index (χ3n) is 5.07. The zero-order valence-corrected chi connectivity index (χ0v) is 15.7. The molecule has 1 aliphatic rings. The van der Waals surface area contributed by atoms with E-state index < -0.39 is 17.6 Å². The Kier molecular flexibility index (Phi) is 5.91. The van der Waals surface area contributed by atoms with Crippen LogP contribution in [0.3, 0.4) is 0 Å². The number of carbonyl (C=O) groups excluding carboxylic acids is 2. The maximum Gasteiger partial charge on any atom is 0.416 e. The highest BCUT2D eigenvalue weighted by atomic mass is 19.4. The van der Waals surface area contributed by atoms with Crippen molar-refractivity contribution in [3.05, 3.63) is 65.0 Å². The molecule has 0 unspecified atom stereocenters. The smallest absolute Gasteiger partial charge is 0.339 e. The summed E-state index contributed by atoms with van der Waals surface area (Å²) in [6.45, 7) is 2.40. The van der Waals surface area contributed by atoms with E-state index in [-0.39, 0.29) is 23.3 Å². The second kappa shape index (κ2) is 8.23. The molecule has 0 saturated carbocycles. The predicted octanol–water partition coefficient (Wildman–Crippen LogP) is 4.64. The molecule has 0 aliphatic carbocycles. The topological polar surface area (TPSA) is 49.4 Å². The Morgan fingerprint density at radius 3 is 2.24 bits per heavy atom. The van der Waals surface area contributed by atoms with Gasteiger partial charge in [-0.05, 0) is 61.7 Å². The van der Waals surface area contributed by atoms with E-state index >= 15 is 0 Å². The zero-order chi connectivity index (χ0) is 21.2. The number of alkyl halides is 3. The maximum atomic E-state index is 13.4. The van der Waals surface area contributed by atoms with Crippen molar-refractivity contribution >= 4 is 17.5 Å². The van der Waals surface area contributed by atoms with Gasteiger partial charge >= 0.3 is 6.18 Å². The van der Waals surface area contributed by atoms with Crippen molar-refractivity contribution in [2.24, 2.45) is 5.92 Å². The zero-order valence-electron chi connectivity index (χ0n) is 15.7. The Balaban J connectivity index is 1.57. The monoisotopic (exact) mass is 408 g/mol. The molecule has 0 atom stereocenters. The number of hydrogen-bond acceptors (Lipinski definition) is 2. The van der Waals surface area contributed by atoms with Crippen molar-refractivity contribution in [2.45, 2.75) is 25.9 Å². The first-order valence-corrected chi connectivity index (χ1v) is 9.18. The molecule has 29 heavy (non-hydrogen) atoms. The molecule has 4 nitrogen and oxygen atoms in total. The first-order valence-electron chi connectivity index (χ1n) is 9.18. The van der Waals surface area contributed by atoms with Crippen LogP contribution in [0.5, 0.6) is 0 Å². The van der Waals surface area contributed by atoms with Crippen LogP contribution in [0, 0.1) is 18.7 Å². The van der Waals surface area contributed by atoms with E-state index in [0.29, 0.717) is 31.6 Å². The molecule has 1 fully saturated rings. The molecule has 2 aromatic carbocycles. The fraction of sp³-hybridized carbons (Fsp3) is 0.333. The van der Waals surface area contributed by atoms with Crippen LogP contribution in [-0.2, 0) is 11.0 Å². The molecular weight excluding hydrogens is 388 g/mol. The molecule has 2 aromatic rings. The standard InChI is InChI=1S/C21H20F4N2O2/c1-13-2-7-17(22)12-18(13)26-19(28)14-8-10-27(11-9-14)20(29)15-3-5-16(6-4-15)21(23,24)25/h2-7,12,14H,8-11H2,1H3,(H,26,28). The van der Waals surface area contributed by atoms with Gasteiger partial charge in [0.2, 0.25) is 5.91 Å². The van der Waals surface area contributed by atoms with Gasteiger partial charge in [-0.2, -0.15) is 13.2 Å². The van der Waals surface area contributed by atoms with E-state index in [2.05, 4.69) is 5.32 Å². The van der Waals surface area contributed by atoms with Crippen molar-refractivity contribution in [1.82, 2.24) is 4.90 Å². The normalized spacial score (nSPS) is 15.3. The van der Waals surface area contributed by atoms with Crippen LogP contribution < -0.4 is 5.32 Å². The average Bonchev–Trinajstić information content (AvgIpc) is 2.69. The van der Waals surface area contributed by atoms with Gasteiger partial charge in [0.25, 0.3) is 5.91 Å². The molecule has 0 aromatic heterocycles. The number of amides is 2. The van der Waals surface area contributed by atoms with Crippen LogP contribution in [-0.4, -0.2) is 29.8 Å². The quantitative estimate of drug-likeness (QED) is 0.752. The summed E-state index contributed by atoms with van der Waals surface area (Å²) in [6, 6.07) is 8.25. The Hall–Kier alpha value is -2.90. The summed E-state index contributed by atoms with van der Waals surface area (Å²) in [4.78, 5) is 26.5. The van der Waals surface area contributed by atoms with Crippen molar-refractivity contribution < 1.29 is 27.2 Å². The van der Waals surface area contributed by atoms with Gasteiger partial charge in [-0.3, -0.25) is 9.59 Å². The lowest BCUT2D eigenvalue weighted by molar-refractivity contribution is -0.137. The Morgan fingerprint density at radius 2 is 1.66 bits per heavy atom. The number of nitrogens with one attached hydrogen (secondary N) is 1. The summed E-state index contributed by atoms with van der Waals surface area (Å²) in [5, 5.41) is 2.73. The number of hydrogen-bond donors (Lipinski definition) is 1. The maximum absolute atomic E-state index is 13.4. The first-order chi connectivity index (χ1) is 13.6. The molecule has 0 spiro atoms. The number of anilines is 1. The lowest BCUT2D eigenvalue weighted by Crippen LogP contribution is -2.41. The van der Waals surface area contributed by atoms with Crippen molar-refractivity contribution in [3.63, 3.8) is 0 Å². The van der Waals surface area contributed by atoms with Crippen LogP contribution in [0.15, 0.2) is 42.5 Å². The Bertz CT molecular complexity index is 902. The predicted molar refractivity (Wildman–Crippen MR) is 99.8 cm³/mol. The Labute approximate surface area is 165 Å². The van der Waals surface area contributed by atoms with E-state index in [1.54, 1.807) is 13.0 Å². The third-order valence-corrected chi connectivity index (χ3v) is 5.07. The van der Waals surface area contributed by atoms with Gasteiger partial charge in [0.05, 0.1) is 5.56 Å². The number of rotatable bonds is 3. The molecule has 8 heteroatoms. The van der Waals surface area contributed by atoms with Gasteiger partial charge in [0.1, 0.15) is 5.82 Å². The summed E-state index contributed by atoms with van der Waals surface area (Å²) < 4.78 is 51.3. The van der Waals surface area contributed by atoms with E-state index in [1.165, 1.54) is 17.0 Å². The van der Waals surface area contributed by atoms with E-state index in [9.17, 15) is 27.2 Å². The summed E-state index contributed by atoms with van der Waals surface area (Å²) in [7, 11) is 0. The second-order valence-corrected chi connectivity index (χ2v) is 7.09. The van der Waals surface area contributed by atoms with Gasteiger partial charge in [0.15, 0.2) is 0 Å². The highest BCUT2D eigenvalue weighted by molar-refractivity contribution is 5.95. The fourth-order valence-electron chi connectivity index (χ4n) is 3.29. The number of nitrogens with zero attached hydrogens (tertiary/aromatic N) is 1. The highest BCUT2D eigenvalue weighted by Crippen LogP contribution is 2.29. The van der Waals surface area contributed by atoms with Gasteiger partial charge in [-0.25, -0.2) is 4.39 Å². The van der Waals surface area contributed by atoms with Crippen LogP contribution >= 0.6 is 0 Å². The molecule has 154 valence electrons. The fourth-order valence-corrected chi connectivity index (χ4v) is 3.29. The van der Waals surface area contributed by atoms with E-state index in [0.717, 1.165) is 29.8 Å². The van der Waals surface area contributed by atoms with Crippen molar-refractivity contribution in [2.75, 3.05) is 18.4 Å². The summed E-state index contributed by atoms with van der Waals surface area (Å²) in [5.74, 6) is -1.36. The van der Waals surface area contributed by atoms with Crippen LogP contribution in [0.4, 0.5) is 23.2 Å². The van der Waals surface area contributed by atoms with Crippen LogP contribution in [0.2, 0.25) is 0 Å². The van der Waals surface area contributed by atoms with Crippen LogP contribution in [0.25, 0.3) is 0 Å². The van der Waals surface area contributed by atoms with Gasteiger partial charge in [-0.15, -0.1) is 0 Å². The number of carbonyl (C=O) groups is 2. The summed E-state index contributed by atoms with van der Waals surface area (Å²) >= 11 is 0. The molecule has 1 heterocycles. The SMILES string of the molecule is Cc1ccc(F)cc1NC(=O)C1CCN(C(=O)c2ccc(C(F)(F)F)cc2)CC1. The van der Waals surface area contributed by atoms with Crippen LogP contribution in [0.1, 0.15) is 34.3 Å². The summed E-state index contributed by atoms with van der Waals surface area (Å²) in [6.07, 6.45) is -3.60. The number of likely N-dealkylation sites (tertiary alicyclic amines) is 1. The third kappa shape index (κ3) is 4.93. The van der Waals surface area contributed by atoms with Gasteiger partial charge in [-0.1, -0.05) is 6.07 Å². The number of aryl methyl sites for hydroxylation is 1. The Morgan fingerprint density at radius 1 is 1.03 bits per heavy atom. The molecule has 1 saturated heterocycles.